The summed E-state index contributed by atoms with van der Waals surface area (Å²) in [5.41, 5.74) is 1.16. The topological polar surface area (TPSA) is 29.5 Å². The molecule has 0 saturated heterocycles. The molecule has 15 heavy (non-hydrogen) atoms. The van der Waals surface area contributed by atoms with Crippen LogP contribution in [0.15, 0.2) is 30.3 Å². The zero-order valence-corrected chi connectivity index (χ0v) is 8.93. The second kappa shape index (κ2) is 5.29. The van der Waals surface area contributed by atoms with Crippen LogP contribution in [0.2, 0.25) is 0 Å². The van der Waals surface area contributed by atoms with Crippen LogP contribution in [0.3, 0.4) is 0 Å². The molecule has 1 unspecified atom stereocenters. The fourth-order valence-corrected chi connectivity index (χ4v) is 1.64. The Hall–Kier alpha value is -0.860. The van der Waals surface area contributed by atoms with Crippen molar-refractivity contribution >= 4 is 0 Å². The minimum atomic E-state index is 0.130. The monoisotopic (exact) mass is 206 g/mol. The van der Waals surface area contributed by atoms with Crippen molar-refractivity contribution in [3.63, 3.8) is 0 Å². The molecule has 0 amide bonds. The first-order valence-electron chi connectivity index (χ1n) is 5.63. The quantitative estimate of drug-likeness (QED) is 0.773. The molecule has 1 aliphatic carbocycles. The molecule has 1 aliphatic rings. The van der Waals surface area contributed by atoms with Gasteiger partial charge in [-0.1, -0.05) is 30.3 Å². The molecular formula is C13H18O2. The summed E-state index contributed by atoms with van der Waals surface area (Å²) in [6, 6.07) is 10.1. The predicted octanol–water partition coefficient (Wildman–Crippen LogP) is 2.19. The molecular weight excluding hydrogens is 188 g/mol. The molecule has 82 valence electrons. The van der Waals surface area contributed by atoms with Crippen molar-refractivity contribution in [1.82, 2.24) is 0 Å². The summed E-state index contributed by atoms with van der Waals surface area (Å²) in [6.45, 7) is 1.66. The molecule has 1 N–H and O–H groups in total. The molecule has 0 aromatic heterocycles. The predicted molar refractivity (Wildman–Crippen MR) is 59.8 cm³/mol. The van der Waals surface area contributed by atoms with E-state index in [9.17, 15) is 5.11 Å². The first-order valence-corrected chi connectivity index (χ1v) is 5.63. The Balaban J connectivity index is 1.80. The number of benzene rings is 1. The van der Waals surface area contributed by atoms with Crippen molar-refractivity contribution in [2.24, 2.45) is 5.92 Å². The van der Waals surface area contributed by atoms with Gasteiger partial charge in [0.1, 0.15) is 0 Å². The number of hydrogen-bond acceptors (Lipinski definition) is 2. The Morgan fingerprint density at radius 1 is 1.27 bits per heavy atom. The normalized spacial score (nSPS) is 17.7. The van der Waals surface area contributed by atoms with Crippen LogP contribution in [0, 0.1) is 5.92 Å². The third kappa shape index (κ3) is 3.33. The van der Waals surface area contributed by atoms with Gasteiger partial charge in [-0.2, -0.15) is 0 Å². The third-order valence-corrected chi connectivity index (χ3v) is 2.86. The van der Waals surface area contributed by atoms with E-state index in [1.165, 1.54) is 12.8 Å². The lowest BCUT2D eigenvalue weighted by Gasteiger charge is -2.14. The summed E-state index contributed by atoms with van der Waals surface area (Å²) in [5, 5.41) is 9.28. The van der Waals surface area contributed by atoms with Crippen LogP contribution in [0.25, 0.3) is 0 Å². The zero-order chi connectivity index (χ0) is 10.5. The van der Waals surface area contributed by atoms with E-state index in [4.69, 9.17) is 4.74 Å². The van der Waals surface area contributed by atoms with E-state index in [2.05, 4.69) is 0 Å². The SMILES string of the molecule is OCC(COCC1CC1)c1ccccc1. The number of ether oxygens (including phenoxy) is 1. The minimum absolute atomic E-state index is 0.130. The third-order valence-electron chi connectivity index (χ3n) is 2.86. The average molecular weight is 206 g/mol. The van der Waals surface area contributed by atoms with Gasteiger partial charge in [-0.05, 0) is 24.3 Å². The van der Waals surface area contributed by atoms with Gasteiger partial charge in [-0.25, -0.2) is 0 Å². The van der Waals surface area contributed by atoms with Gasteiger partial charge in [0.25, 0.3) is 0 Å². The molecule has 2 nitrogen and oxygen atoms in total. The molecule has 0 radical (unpaired) electrons. The van der Waals surface area contributed by atoms with Gasteiger partial charge >= 0.3 is 0 Å². The lowest BCUT2D eigenvalue weighted by Crippen LogP contribution is -2.13. The smallest absolute Gasteiger partial charge is 0.0556 e. The molecule has 0 spiro atoms. The van der Waals surface area contributed by atoms with Gasteiger partial charge in [0.15, 0.2) is 0 Å². The lowest BCUT2D eigenvalue weighted by atomic mass is 10.0. The summed E-state index contributed by atoms with van der Waals surface area (Å²) < 4.78 is 5.61. The molecule has 2 heteroatoms. The summed E-state index contributed by atoms with van der Waals surface area (Å²) in [7, 11) is 0. The number of hydrogen-bond donors (Lipinski definition) is 1. The van der Waals surface area contributed by atoms with Gasteiger partial charge in [0.05, 0.1) is 13.2 Å². The fourth-order valence-electron chi connectivity index (χ4n) is 1.64. The Labute approximate surface area is 90.9 Å². The Bertz CT molecular complexity index is 280. The Kier molecular flexibility index (Phi) is 3.75. The zero-order valence-electron chi connectivity index (χ0n) is 8.93. The van der Waals surface area contributed by atoms with Crippen LogP contribution >= 0.6 is 0 Å². The molecule has 1 aromatic carbocycles. The van der Waals surface area contributed by atoms with E-state index in [0.717, 1.165) is 18.1 Å². The van der Waals surface area contributed by atoms with Crippen molar-refractivity contribution in [2.45, 2.75) is 18.8 Å². The van der Waals surface area contributed by atoms with Gasteiger partial charge in [-0.15, -0.1) is 0 Å². The minimum Gasteiger partial charge on any atom is -0.396 e. The highest BCUT2D eigenvalue weighted by Gasteiger charge is 2.21. The van der Waals surface area contributed by atoms with Crippen LogP contribution in [-0.4, -0.2) is 24.9 Å². The number of aliphatic hydroxyl groups is 1. The number of aliphatic hydroxyl groups excluding tert-OH is 1. The van der Waals surface area contributed by atoms with Crippen molar-refractivity contribution in [2.75, 3.05) is 19.8 Å². The van der Waals surface area contributed by atoms with Crippen molar-refractivity contribution in [1.29, 1.82) is 0 Å². The first kappa shape index (κ1) is 10.7. The van der Waals surface area contributed by atoms with Crippen molar-refractivity contribution in [3.05, 3.63) is 35.9 Å². The summed E-state index contributed by atoms with van der Waals surface area (Å²) in [4.78, 5) is 0. The van der Waals surface area contributed by atoms with Crippen LogP contribution in [0.4, 0.5) is 0 Å². The molecule has 2 rings (SSSR count). The van der Waals surface area contributed by atoms with E-state index < -0.39 is 0 Å². The maximum absolute atomic E-state index is 9.28. The highest BCUT2D eigenvalue weighted by Crippen LogP contribution is 2.29. The van der Waals surface area contributed by atoms with Gasteiger partial charge in [-0.3, -0.25) is 0 Å². The van der Waals surface area contributed by atoms with Crippen molar-refractivity contribution in [3.8, 4) is 0 Å². The van der Waals surface area contributed by atoms with E-state index in [-0.39, 0.29) is 12.5 Å². The molecule has 1 fully saturated rings. The summed E-state index contributed by atoms with van der Waals surface area (Å²) >= 11 is 0. The average Bonchev–Trinajstić information content (AvgIpc) is 3.10. The van der Waals surface area contributed by atoms with E-state index in [0.29, 0.717) is 6.61 Å². The highest BCUT2D eigenvalue weighted by atomic mass is 16.5. The summed E-state index contributed by atoms with van der Waals surface area (Å²) in [6.07, 6.45) is 2.63. The second-order valence-electron chi connectivity index (χ2n) is 4.27. The van der Waals surface area contributed by atoms with Crippen LogP contribution < -0.4 is 0 Å². The van der Waals surface area contributed by atoms with Gasteiger partial charge in [0.2, 0.25) is 0 Å². The van der Waals surface area contributed by atoms with Gasteiger partial charge in [0, 0.05) is 12.5 Å². The van der Waals surface area contributed by atoms with E-state index in [1.807, 2.05) is 30.3 Å². The molecule has 1 atom stereocenters. The molecule has 1 aromatic rings. The Morgan fingerprint density at radius 2 is 2.00 bits per heavy atom. The molecule has 0 heterocycles. The summed E-state index contributed by atoms with van der Waals surface area (Å²) in [5.74, 6) is 0.921. The van der Waals surface area contributed by atoms with Crippen LogP contribution in [0.5, 0.6) is 0 Å². The largest absolute Gasteiger partial charge is 0.396 e. The molecule has 0 aliphatic heterocycles. The first-order chi connectivity index (χ1) is 7.40. The number of rotatable bonds is 6. The van der Waals surface area contributed by atoms with E-state index in [1.54, 1.807) is 0 Å². The maximum atomic E-state index is 9.28. The lowest BCUT2D eigenvalue weighted by molar-refractivity contribution is 0.0921. The van der Waals surface area contributed by atoms with E-state index >= 15 is 0 Å². The molecule has 1 saturated carbocycles. The van der Waals surface area contributed by atoms with Crippen LogP contribution in [0.1, 0.15) is 24.3 Å². The van der Waals surface area contributed by atoms with Crippen LogP contribution in [-0.2, 0) is 4.74 Å². The standard InChI is InChI=1S/C13H18O2/c14-8-13(10-15-9-11-6-7-11)12-4-2-1-3-5-12/h1-5,11,13-14H,6-10H2. The van der Waals surface area contributed by atoms with Gasteiger partial charge < -0.3 is 9.84 Å². The highest BCUT2D eigenvalue weighted by molar-refractivity contribution is 5.19. The fraction of sp³-hybridized carbons (Fsp3) is 0.538. The van der Waals surface area contributed by atoms with Crippen molar-refractivity contribution < 1.29 is 9.84 Å². The second-order valence-corrected chi connectivity index (χ2v) is 4.27. The maximum Gasteiger partial charge on any atom is 0.0556 e. The molecule has 0 bridgehead atoms. The Morgan fingerprint density at radius 3 is 2.60 bits per heavy atom.